The van der Waals surface area contributed by atoms with Crippen molar-refractivity contribution < 1.29 is 13.3 Å². The van der Waals surface area contributed by atoms with Gasteiger partial charge in [-0.1, -0.05) is 11.6 Å². The highest BCUT2D eigenvalue weighted by Crippen LogP contribution is 2.28. The number of nitro groups is 1. The molecule has 0 N–H and O–H groups in total. The van der Waals surface area contributed by atoms with Gasteiger partial charge in [0.2, 0.25) is 10.0 Å². The van der Waals surface area contributed by atoms with Crippen LogP contribution in [0.5, 0.6) is 0 Å². The minimum absolute atomic E-state index is 0.111. The van der Waals surface area contributed by atoms with Gasteiger partial charge in [0.25, 0.3) is 5.69 Å². The molecule has 0 fully saturated rings. The Kier molecular flexibility index (Phi) is 4.92. The van der Waals surface area contributed by atoms with E-state index >= 15 is 0 Å². The first-order valence-corrected chi connectivity index (χ1v) is 7.12. The van der Waals surface area contributed by atoms with Gasteiger partial charge in [-0.05, 0) is 12.1 Å². The van der Waals surface area contributed by atoms with Gasteiger partial charge in [0.15, 0.2) is 0 Å². The largest absolute Gasteiger partial charge is 0.289 e. The predicted octanol–water partition coefficient (Wildman–Crippen LogP) is 2.11. The normalized spacial score (nSPS) is 11.8. The van der Waals surface area contributed by atoms with Crippen molar-refractivity contribution in [1.82, 2.24) is 4.31 Å². The van der Waals surface area contributed by atoms with Crippen molar-refractivity contribution in [1.29, 1.82) is 0 Å². The summed E-state index contributed by atoms with van der Waals surface area (Å²) in [6, 6.07) is 3.33. The number of nitrogens with zero attached hydrogens (tertiary/aromatic N) is 2. The van der Waals surface area contributed by atoms with E-state index in [9.17, 15) is 18.5 Å². The number of nitro benzene ring substituents is 1. The molecule has 0 amide bonds. The molecule has 0 heterocycles. The molecule has 6 nitrogen and oxygen atoms in total. The first kappa shape index (κ1) is 15.2. The van der Waals surface area contributed by atoms with Crippen molar-refractivity contribution in [2.45, 2.75) is 4.90 Å². The first-order chi connectivity index (χ1) is 8.30. The van der Waals surface area contributed by atoms with E-state index in [-0.39, 0.29) is 22.3 Å². The fourth-order valence-corrected chi connectivity index (χ4v) is 2.94. The summed E-state index contributed by atoms with van der Waals surface area (Å²) in [7, 11) is -2.44. The van der Waals surface area contributed by atoms with E-state index in [0.29, 0.717) is 0 Å². The zero-order chi connectivity index (χ0) is 13.9. The Hall–Kier alpha value is -0.890. The van der Waals surface area contributed by atoms with Crippen LogP contribution in [0.25, 0.3) is 0 Å². The number of hydrogen-bond donors (Lipinski definition) is 0. The van der Waals surface area contributed by atoms with Crippen LogP contribution in [0.15, 0.2) is 23.1 Å². The molecule has 100 valence electrons. The fraction of sp³-hybridized carbons (Fsp3) is 0.333. The quantitative estimate of drug-likeness (QED) is 0.474. The van der Waals surface area contributed by atoms with E-state index in [1.54, 1.807) is 0 Å². The number of sulfonamides is 1. The molecule has 0 spiro atoms. The maximum absolute atomic E-state index is 12.0. The highest BCUT2D eigenvalue weighted by atomic mass is 35.5. The Labute approximate surface area is 114 Å². The molecular weight excluding hydrogens is 303 g/mol. The van der Waals surface area contributed by atoms with Crippen LogP contribution in [-0.4, -0.2) is 37.1 Å². The van der Waals surface area contributed by atoms with E-state index in [4.69, 9.17) is 23.2 Å². The van der Waals surface area contributed by atoms with Crippen molar-refractivity contribution in [3.05, 3.63) is 33.3 Å². The molecule has 0 saturated heterocycles. The van der Waals surface area contributed by atoms with E-state index in [2.05, 4.69) is 0 Å². The monoisotopic (exact) mass is 312 g/mol. The first-order valence-electron chi connectivity index (χ1n) is 4.77. The molecule has 9 heteroatoms. The van der Waals surface area contributed by atoms with Gasteiger partial charge in [-0.3, -0.25) is 10.1 Å². The summed E-state index contributed by atoms with van der Waals surface area (Å²) in [4.78, 5) is 9.77. The summed E-state index contributed by atoms with van der Waals surface area (Å²) in [5.41, 5.74) is -0.447. The van der Waals surface area contributed by atoms with Crippen LogP contribution in [0, 0.1) is 10.1 Å². The number of alkyl halides is 1. The molecule has 1 rings (SSSR count). The summed E-state index contributed by atoms with van der Waals surface area (Å²) in [6.45, 7) is 0.111. The summed E-state index contributed by atoms with van der Waals surface area (Å²) in [5.74, 6) is 0.130. The molecule has 0 bridgehead atoms. The minimum Gasteiger partial charge on any atom is -0.258 e. The molecule has 1 aromatic rings. The zero-order valence-corrected chi connectivity index (χ0v) is 11.7. The van der Waals surface area contributed by atoms with Gasteiger partial charge in [-0.25, -0.2) is 8.42 Å². The molecule has 0 aliphatic rings. The van der Waals surface area contributed by atoms with Gasteiger partial charge < -0.3 is 0 Å². The van der Waals surface area contributed by atoms with E-state index in [0.717, 1.165) is 10.4 Å². The average Bonchev–Trinajstić information content (AvgIpc) is 2.29. The molecule has 0 aromatic heterocycles. The summed E-state index contributed by atoms with van der Waals surface area (Å²) in [5, 5.41) is 10.6. The lowest BCUT2D eigenvalue weighted by Crippen LogP contribution is -2.28. The third kappa shape index (κ3) is 3.11. The molecular formula is C9H10Cl2N2O4S. The van der Waals surface area contributed by atoms with Gasteiger partial charge in [0.05, 0.1) is 9.82 Å². The second-order valence-electron chi connectivity index (χ2n) is 3.39. The maximum atomic E-state index is 12.0. The van der Waals surface area contributed by atoms with Gasteiger partial charge in [-0.15, -0.1) is 11.6 Å². The Balaban J connectivity index is 3.26. The lowest BCUT2D eigenvalue weighted by molar-refractivity contribution is -0.384. The van der Waals surface area contributed by atoms with Crippen molar-refractivity contribution in [3.63, 3.8) is 0 Å². The molecule has 0 unspecified atom stereocenters. The third-order valence-corrected chi connectivity index (χ3v) is 4.56. The predicted molar refractivity (Wildman–Crippen MR) is 68.6 cm³/mol. The average molecular weight is 313 g/mol. The third-order valence-electron chi connectivity index (χ3n) is 2.22. The fourth-order valence-electron chi connectivity index (χ4n) is 1.21. The Morgan fingerprint density at radius 3 is 2.56 bits per heavy atom. The SMILES string of the molecule is CN(CCCl)S(=O)(=O)c1ccc(Cl)c([N+](=O)[O-])c1. The number of halogens is 2. The smallest absolute Gasteiger partial charge is 0.258 e. The maximum Gasteiger partial charge on any atom is 0.289 e. The number of rotatable bonds is 5. The molecule has 0 atom stereocenters. The molecule has 0 saturated carbocycles. The molecule has 0 aliphatic carbocycles. The van der Waals surface area contributed by atoms with Crippen molar-refractivity contribution in [2.24, 2.45) is 0 Å². The summed E-state index contributed by atoms with van der Waals surface area (Å²) in [6.07, 6.45) is 0. The Morgan fingerprint density at radius 1 is 1.44 bits per heavy atom. The van der Waals surface area contributed by atoms with Crippen LogP contribution in [-0.2, 0) is 10.0 Å². The van der Waals surface area contributed by atoms with Crippen molar-refractivity contribution in [3.8, 4) is 0 Å². The topological polar surface area (TPSA) is 80.5 Å². The molecule has 0 aliphatic heterocycles. The highest BCUT2D eigenvalue weighted by molar-refractivity contribution is 7.89. The lowest BCUT2D eigenvalue weighted by atomic mass is 10.3. The van der Waals surface area contributed by atoms with Crippen molar-refractivity contribution >= 4 is 38.9 Å². The zero-order valence-electron chi connectivity index (χ0n) is 9.34. The Bertz CT molecular complexity index is 562. The molecule has 0 radical (unpaired) electrons. The van der Waals surface area contributed by atoms with Crippen LogP contribution in [0.1, 0.15) is 0 Å². The van der Waals surface area contributed by atoms with Crippen LogP contribution in [0.3, 0.4) is 0 Å². The number of hydrogen-bond acceptors (Lipinski definition) is 4. The highest BCUT2D eigenvalue weighted by Gasteiger charge is 2.24. The minimum atomic E-state index is -3.79. The van der Waals surface area contributed by atoms with Crippen LogP contribution in [0.4, 0.5) is 5.69 Å². The van der Waals surface area contributed by atoms with E-state index < -0.39 is 20.6 Å². The van der Waals surface area contributed by atoms with Gasteiger partial charge in [0, 0.05) is 25.5 Å². The van der Waals surface area contributed by atoms with Gasteiger partial charge in [-0.2, -0.15) is 4.31 Å². The summed E-state index contributed by atoms with van der Waals surface area (Å²) < 4.78 is 25.0. The lowest BCUT2D eigenvalue weighted by Gasteiger charge is -2.15. The van der Waals surface area contributed by atoms with Crippen LogP contribution >= 0.6 is 23.2 Å². The molecule has 18 heavy (non-hydrogen) atoms. The second-order valence-corrected chi connectivity index (χ2v) is 6.22. The van der Waals surface area contributed by atoms with Gasteiger partial charge in [0.1, 0.15) is 5.02 Å². The van der Waals surface area contributed by atoms with Crippen LogP contribution in [0.2, 0.25) is 5.02 Å². The summed E-state index contributed by atoms with van der Waals surface area (Å²) >= 11 is 11.1. The van der Waals surface area contributed by atoms with Gasteiger partial charge >= 0.3 is 0 Å². The van der Waals surface area contributed by atoms with E-state index in [1.165, 1.54) is 19.2 Å². The standard InChI is InChI=1S/C9H10Cl2N2O4S/c1-12(5-4-10)18(16,17)7-2-3-8(11)9(6-7)13(14)15/h2-3,6H,4-5H2,1H3. The molecule has 1 aromatic carbocycles. The Morgan fingerprint density at radius 2 is 2.06 bits per heavy atom. The number of benzene rings is 1. The van der Waals surface area contributed by atoms with Crippen LogP contribution < -0.4 is 0 Å². The van der Waals surface area contributed by atoms with Crippen molar-refractivity contribution in [2.75, 3.05) is 19.5 Å². The van der Waals surface area contributed by atoms with E-state index in [1.807, 2.05) is 0 Å². The second kappa shape index (κ2) is 5.83.